The van der Waals surface area contributed by atoms with E-state index in [0.29, 0.717) is 5.56 Å². The van der Waals surface area contributed by atoms with Gasteiger partial charge in [0.25, 0.3) is 0 Å². The first kappa shape index (κ1) is 14.8. The molecule has 0 heteroatoms. The second-order valence-electron chi connectivity index (χ2n) is 9.72. The number of benzene rings is 8. The van der Waals surface area contributed by atoms with Crippen molar-refractivity contribution in [3.8, 4) is 33.4 Å². The molecule has 0 aliphatic rings. The van der Waals surface area contributed by atoms with Gasteiger partial charge in [0.15, 0.2) is 0 Å². The minimum Gasteiger partial charge on any atom is -0.0622 e. The molecule has 8 rings (SSSR count). The fourth-order valence-corrected chi connectivity index (χ4v) is 5.80. The highest BCUT2D eigenvalue weighted by Crippen LogP contribution is 2.46. The van der Waals surface area contributed by atoms with Crippen LogP contribution in [-0.4, -0.2) is 0 Å². The maximum absolute atomic E-state index is 9.26. The van der Waals surface area contributed by atoms with E-state index in [-0.39, 0.29) is 62.4 Å². The molecule has 0 aromatic heterocycles. The summed E-state index contributed by atoms with van der Waals surface area (Å²) in [7, 11) is 0. The van der Waals surface area contributed by atoms with Crippen LogP contribution in [0.15, 0.2) is 157 Å². The summed E-state index contributed by atoms with van der Waals surface area (Å²) < 4.78 is 88.5. The van der Waals surface area contributed by atoms with Gasteiger partial charge < -0.3 is 0 Å². The van der Waals surface area contributed by atoms with E-state index in [1.54, 1.807) is 0 Å². The Hall–Kier alpha value is -5.20. The van der Waals surface area contributed by atoms with Gasteiger partial charge >= 0.3 is 0 Å². The first-order chi connectivity index (χ1) is 24.0. The highest BCUT2D eigenvalue weighted by atomic mass is 14.2. The second-order valence-corrected chi connectivity index (χ2v) is 9.72. The SMILES string of the molecule is [2H]c1ccc(-c2c3c([2H])c([2H])c([2H])c([2H])c3c(-c3cccc4c(-c5ccc6ccccc6c5)cccc34)c3c([2H])c([2H])c([2H])c([2H])c23)c([2H])c1. The molecule has 0 aliphatic carbocycles. The summed E-state index contributed by atoms with van der Waals surface area (Å²) in [4.78, 5) is 0. The second kappa shape index (κ2) is 9.22. The van der Waals surface area contributed by atoms with Gasteiger partial charge in [-0.1, -0.05) is 151 Å². The first-order valence-electron chi connectivity index (χ1n) is 18.0. The summed E-state index contributed by atoms with van der Waals surface area (Å²) >= 11 is 0. The number of hydrogen-bond acceptors (Lipinski definition) is 0. The quantitative estimate of drug-likeness (QED) is 0.205. The van der Waals surface area contributed by atoms with Crippen molar-refractivity contribution in [3.63, 3.8) is 0 Å². The summed E-state index contributed by atoms with van der Waals surface area (Å²) in [6.07, 6.45) is 0. The van der Waals surface area contributed by atoms with Crippen molar-refractivity contribution >= 4 is 43.1 Å². The summed E-state index contributed by atoms with van der Waals surface area (Å²) in [6.45, 7) is 0. The van der Waals surface area contributed by atoms with Gasteiger partial charge in [0.2, 0.25) is 0 Å². The summed E-state index contributed by atoms with van der Waals surface area (Å²) in [5, 5.41) is 4.01. The molecule has 8 aromatic carbocycles. The summed E-state index contributed by atoms with van der Waals surface area (Å²) in [5.41, 5.74) is 2.98. The fraction of sp³-hybridized carbons (Fsp3) is 0. The minimum absolute atomic E-state index is 0.0393. The lowest BCUT2D eigenvalue weighted by molar-refractivity contribution is 1.65. The van der Waals surface area contributed by atoms with Crippen LogP contribution in [0.4, 0.5) is 0 Å². The molecule has 0 amide bonds. The van der Waals surface area contributed by atoms with Crippen molar-refractivity contribution in [1.29, 1.82) is 0 Å². The summed E-state index contributed by atoms with van der Waals surface area (Å²) in [6, 6.07) is 26.5. The average Bonchev–Trinajstić information content (AvgIpc) is 3.12. The Bertz CT molecular complexity index is 2690. The van der Waals surface area contributed by atoms with E-state index < -0.39 is 36.3 Å². The third-order valence-electron chi connectivity index (χ3n) is 7.55. The normalized spacial score (nSPS) is 15.0. The van der Waals surface area contributed by atoms with Crippen molar-refractivity contribution in [3.05, 3.63) is 157 Å². The molecule has 0 heterocycles. The van der Waals surface area contributed by atoms with Crippen LogP contribution in [-0.2, 0) is 0 Å². The molecule has 0 radical (unpaired) electrons. The van der Waals surface area contributed by atoms with E-state index in [4.69, 9.17) is 8.22 Å². The molecule has 0 N–H and O–H groups in total. The standard InChI is InChI=1S/C40H26/c1-2-13-28(14-3-1)39-35-16-6-8-18-37(35)40(38-19-9-7-17-36(38)39)34-23-11-21-32-31(20-10-22-33(32)34)30-25-24-27-12-4-5-15-29(27)26-30/h1-26H/i1D,6D,7D,8D,9D,13D,16D,17D,18D,19D. The zero-order chi connectivity index (χ0) is 35.2. The largest absolute Gasteiger partial charge is 0.0629 e. The van der Waals surface area contributed by atoms with E-state index in [2.05, 4.69) is 30.3 Å². The first-order valence-corrected chi connectivity index (χ1v) is 13.0. The Morgan fingerprint density at radius 3 is 1.68 bits per heavy atom. The lowest BCUT2D eigenvalue weighted by Gasteiger charge is -2.19. The predicted octanol–water partition coefficient (Wildman–Crippen LogP) is 11.3. The Morgan fingerprint density at radius 2 is 0.975 bits per heavy atom. The predicted molar refractivity (Wildman–Crippen MR) is 173 cm³/mol. The molecule has 0 spiro atoms. The van der Waals surface area contributed by atoms with Crippen LogP contribution in [0.3, 0.4) is 0 Å². The molecular weight excluding hydrogens is 480 g/mol. The molecule has 0 nitrogen and oxygen atoms in total. The molecule has 40 heavy (non-hydrogen) atoms. The molecule has 0 atom stereocenters. The fourth-order valence-electron chi connectivity index (χ4n) is 5.80. The van der Waals surface area contributed by atoms with E-state index in [1.807, 2.05) is 48.5 Å². The van der Waals surface area contributed by atoms with Crippen LogP contribution in [0.5, 0.6) is 0 Å². The number of fused-ring (bicyclic) bond motifs is 4. The van der Waals surface area contributed by atoms with Gasteiger partial charge in [-0.05, 0) is 82.5 Å². The third-order valence-corrected chi connectivity index (χ3v) is 7.55. The van der Waals surface area contributed by atoms with E-state index >= 15 is 0 Å². The van der Waals surface area contributed by atoms with Crippen LogP contribution >= 0.6 is 0 Å². The molecule has 0 bridgehead atoms. The van der Waals surface area contributed by atoms with Crippen LogP contribution in [0.25, 0.3) is 76.5 Å². The van der Waals surface area contributed by atoms with Crippen molar-refractivity contribution in [1.82, 2.24) is 0 Å². The maximum Gasteiger partial charge on any atom is 0.0629 e. The van der Waals surface area contributed by atoms with Gasteiger partial charge in [0.05, 0.1) is 13.7 Å². The Labute approximate surface area is 247 Å². The highest BCUT2D eigenvalue weighted by molar-refractivity contribution is 6.24. The van der Waals surface area contributed by atoms with E-state index in [1.165, 1.54) is 18.2 Å². The van der Waals surface area contributed by atoms with Gasteiger partial charge in [-0.2, -0.15) is 0 Å². The smallest absolute Gasteiger partial charge is 0.0622 e. The molecule has 186 valence electrons. The van der Waals surface area contributed by atoms with E-state index in [9.17, 15) is 5.48 Å². The maximum atomic E-state index is 9.26. The van der Waals surface area contributed by atoms with E-state index in [0.717, 1.165) is 32.7 Å². The average molecular weight is 517 g/mol. The molecule has 0 unspecified atom stereocenters. The van der Waals surface area contributed by atoms with Crippen molar-refractivity contribution < 1.29 is 13.7 Å². The minimum atomic E-state index is -0.505. The highest BCUT2D eigenvalue weighted by Gasteiger charge is 2.18. The topological polar surface area (TPSA) is 0 Å². The van der Waals surface area contributed by atoms with Crippen molar-refractivity contribution in [2.75, 3.05) is 0 Å². The number of hydrogen-bond donors (Lipinski definition) is 0. The van der Waals surface area contributed by atoms with Gasteiger partial charge in [0, 0.05) is 0 Å². The Balaban J connectivity index is 1.61. The Kier molecular flexibility index (Phi) is 3.42. The van der Waals surface area contributed by atoms with Gasteiger partial charge in [-0.25, -0.2) is 0 Å². The van der Waals surface area contributed by atoms with Gasteiger partial charge in [-0.3, -0.25) is 0 Å². The zero-order valence-electron chi connectivity index (χ0n) is 31.2. The zero-order valence-corrected chi connectivity index (χ0v) is 21.2. The lowest BCUT2D eigenvalue weighted by Crippen LogP contribution is -1.92. The monoisotopic (exact) mass is 516 g/mol. The van der Waals surface area contributed by atoms with Crippen LogP contribution in [0.2, 0.25) is 0 Å². The van der Waals surface area contributed by atoms with Crippen molar-refractivity contribution in [2.45, 2.75) is 0 Å². The molecule has 0 aliphatic heterocycles. The Morgan fingerprint density at radius 1 is 0.350 bits per heavy atom. The summed E-state index contributed by atoms with van der Waals surface area (Å²) in [5.74, 6) is 0. The van der Waals surface area contributed by atoms with Crippen LogP contribution < -0.4 is 0 Å². The van der Waals surface area contributed by atoms with Crippen LogP contribution in [0.1, 0.15) is 13.7 Å². The molecule has 0 fully saturated rings. The number of rotatable bonds is 3. The lowest BCUT2D eigenvalue weighted by atomic mass is 9.84. The van der Waals surface area contributed by atoms with Crippen LogP contribution in [0, 0.1) is 0 Å². The van der Waals surface area contributed by atoms with Gasteiger partial charge in [0.1, 0.15) is 0 Å². The van der Waals surface area contributed by atoms with Crippen molar-refractivity contribution in [2.24, 2.45) is 0 Å². The molecule has 8 aromatic rings. The van der Waals surface area contributed by atoms with Gasteiger partial charge in [-0.15, -0.1) is 0 Å². The molecular formula is C40H26. The molecule has 0 saturated carbocycles. The third kappa shape index (κ3) is 3.54. The molecule has 0 saturated heterocycles.